The highest BCUT2D eigenvalue weighted by Crippen LogP contribution is 2.22. The van der Waals surface area contributed by atoms with E-state index in [0.29, 0.717) is 11.3 Å². The molecule has 0 aliphatic carbocycles. The molecule has 0 N–H and O–H groups in total. The highest BCUT2D eigenvalue weighted by atomic mass is 16.5. The molecule has 4 rings (SSSR count). The van der Waals surface area contributed by atoms with Crippen molar-refractivity contribution >= 4 is 11.8 Å². The Labute approximate surface area is 179 Å². The Kier molecular flexibility index (Phi) is 5.44. The molecule has 0 aliphatic rings. The molecule has 0 fully saturated rings. The predicted octanol–water partition coefficient (Wildman–Crippen LogP) is 3.42. The summed E-state index contributed by atoms with van der Waals surface area (Å²) >= 11 is 0. The molecule has 0 aliphatic heterocycles. The van der Waals surface area contributed by atoms with Crippen molar-refractivity contribution < 1.29 is 14.3 Å². The Bertz CT molecular complexity index is 1240. The van der Waals surface area contributed by atoms with Gasteiger partial charge in [-0.3, -0.25) is 4.79 Å². The minimum atomic E-state index is -0.619. The number of Topliss-reactive ketones (excluding diaryl/α,β-unsaturated/α-hetero) is 1. The van der Waals surface area contributed by atoms with Crippen molar-refractivity contribution in [2.75, 3.05) is 6.61 Å². The van der Waals surface area contributed by atoms with Gasteiger partial charge in [0, 0.05) is 22.6 Å². The molecule has 0 spiro atoms. The van der Waals surface area contributed by atoms with Gasteiger partial charge < -0.3 is 9.30 Å². The van der Waals surface area contributed by atoms with Gasteiger partial charge in [0.15, 0.2) is 6.61 Å². The van der Waals surface area contributed by atoms with Crippen LogP contribution < -0.4 is 0 Å². The van der Waals surface area contributed by atoms with Gasteiger partial charge in [-0.1, -0.05) is 29.8 Å². The van der Waals surface area contributed by atoms with Crippen LogP contribution in [0.4, 0.5) is 0 Å². The van der Waals surface area contributed by atoms with Gasteiger partial charge in [-0.25, -0.2) is 4.79 Å². The van der Waals surface area contributed by atoms with E-state index in [9.17, 15) is 9.59 Å². The van der Waals surface area contributed by atoms with Crippen LogP contribution in [0.1, 0.15) is 37.7 Å². The molecule has 0 saturated carbocycles. The lowest BCUT2D eigenvalue weighted by atomic mass is 10.1. The van der Waals surface area contributed by atoms with Crippen molar-refractivity contribution in [1.29, 1.82) is 0 Å². The maximum absolute atomic E-state index is 12.8. The van der Waals surface area contributed by atoms with Crippen LogP contribution in [0.2, 0.25) is 0 Å². The number of para-hydroxylation sites is 1. The third-order valence-electron chi connectivity index (χ3n) is 5.08. The van der Waals surface area contributed by atoms with E-state index in [0.717, 1.165) is 22.6 Å². The largest absolute Gasteiger partial charge is 0.454 e. The molecular weight excluding hydrogens is 394 g/mol. The van der Waals surface area contributed by atoms with Crippen LogP contribution in [-0.4, -0.2) is 43.1 Å². The SMILES string of the molecule is Cc1ccc(-n2c(C)cc(C(=O)COC(=O)c3ccccc3-n3cnnn3)c2C)cc1. The fourth-order valence-electron chi connectivity index (χ4n) is 3.54. The summed E-state index contributed by atoms with van der Waals surface area (Å²) in [6.45, 7) is 5.49. The van der Waals surface area contributed by atoms with Gasteiger partial charge in [0.1, 0.15) is 6.33 Å². The Morgan fingerprint density at radius 1 is 0.968 bits per heavy atom. The van der Waals surface area contributed by atoms with Gasteiger partial charge in [0.05, 0.1) is 11.3 Å². The maximum Gasteiger partial charge on any atom is 0.340 e. The fraction of sp³-hybridized carbons (Fsp3) is 0.174. The number of carbonyl (C=O) groups excluding carboxylic acids is 2. The number of tetrazole rings is 1. The van der Waals surface area contributed by atoms with Crippen LogP contribution in [0.25, 0.3) is 11.4 Å². The highest BCUT2D eigenvalue weighted by molar-refractivity contribution is 6.01. The van der Waals surface area contributed by atoms with Gasteiger partial charge in [-0.2, -0.15) is 4.68 Å². The first kappa shape index (κ1) is 20.2. The summed E-state index contributed by atoms with van der Waals surface area (Å²) in [6.07, 6.45) is 1.39. The van der Waals surface area contributed by atoms with Crippen molar-refractivity contribution in [2.45, 2.75) is 20.8 Å². The Morgan fingerprint density at radius 2 is 1.71 bits per heavy atom. The summed E-state index contributed by atoms with van der Waals surface area (Å²) in [4.78, 5) is 25.5. The van der Waals surface area contributed by atoms with Crippen LogP contribution in [0.3, 0.4) is 0 Å². The third kappa shape index (κ3) is 4.00. The lowest BCUT2D eigenvalue weighted by Crippen LogP contribution is -2.16. The molecule has 31 heavy (non-hydrogen) atoms. The molecule has 0 unspecified atom stereocenters. The Morgan fingerprint density at radius 3 is 2.42 bits per heavy atom. The standard InChI is InChI=1S/C23H21N5O3/c1-15-8-10-18(11-9-15)28-16(2)12-20(17(28)3)22(29)13-31-23(30)19-6-4-5-7-21(19)27-14-24-25-26-27/h4-12,14H,13H2,1-3H3. The summed E-state index contributed by atoms with van der Waals surface area (Å²) in [5.74, 6) is -0.883. The molecule has 0 saturated heterocycles. The van der Waals surface area contributed by atoms with E-state index < -0.39 is 5.97 Å². The number of carbonyl (C=O) groups is 2. The van der Waals surface area contributed by atoms with E-state index in [2.05, 4.69) is 15.5 Å². The van der Waals surface area contributed by atoms with Crippen molar-refractivity contribution in [3.05, 3.63) is 89.0 Å². The molecule has 2 aromatic carbocycles. The second-order valence-electron chi connectivity index (χ2n) is 7.23. The second-order valence-corrected chi connectivity index (χ2v) is 7.23. The summed E-state index contributed by atoms with van der Waals surface area (Å²) in [6, 6.07) is 16.7. The average Bonchev–Trinajstić information content (AvgIpc) is 3.41. The summed E-state index contributed by atoms with van der Waals surface area (Å²) in [5, 5.41) is 11.0. The molecule has 0 bridgehead atoms. The topological polar surface area (TPSA) is 91.9 Å². The number of aromatic nitrogens is 5. The predicted molar refractivity (Wildman–Crippen MR) is 114 cm³/mol. The number of ketones is 1. The number of nitrogens with zero attached hydrogens (tertiary/aromatic N) is 5. The molecule has 0 radical (unpaired) electrons. The lowest BCUT2D eigenvalue weighted by molar-refractivity contribution is 0.0474. The number of ether oxygens (including phenoxy) is 1. The number of hydrogen-bond donors (Lipinski definition) is 0. The van der Waals surface area contributed by atoms with Crippen molar-refractivity contribution in [2.24, 2.45) is 0 Å². The first-order valence-electron chi connectivity index (χ1n) is 9.74. The zero-order chi connectivity index (χ0) is 22.0. The fourth-order valence-corrected chi connectivity index (χ4v) is 3.54. The van der Waals surface area contributed by atoms with E-state index in [1.165, 1.54) is 11.0 Å². The van der Waals surface area contributed by atoms with Crippen LogP contribution in [0, 0.1) is 20.8 Å². The summed E-state index contributed by atoms with van der Waals surface area (Å²) in [5.41, 5.74) is 5.15. The monoisotopic (exact) mass is 415 g/mol. The van der Waals surface area contributed by atoms with Gasteiger partial charge in [0.25, 0.3) is 0 Å². The number of esters is 1. The first-order chi connectivity index (χ1) is 15.0. The minimum absolute atomic E-state index is 0.264. The van der Waals surface area contributed by atoms with Gasteiger partial charge >= 0.3 is 5.97 Å². The van der Waals surface area contributed by atoms with Crippen LogP contribution >= 0.6 is 0 Å². The average molecular weight is 415 g/mol. The number of hydrogen-bond acceptors (Lipinski definition) is 6. The molecule has 8 heteroatoms. The van der Waals surface area contributed by atoms with E-state index in [-0.39, 0.29) is 18.0 Å². The quantitative estimate of drug-likeness (QED) is 0.354. The molecule has 4 aromatic rings. The van der Waals surface area contributed by atoms with E-state index >= 15 is 0 Å². The lowest BCUT2D eigenvalue weighted by Gasteiger charge is -2.11. The number of rotatable bonds is 6. The molecule has 8 nitrogen and oxygen atoms in total. The minimum Gasteiger partial charge on any atom is -0.454 e. The number of aryl methyl sites for hydroxylation is 2. The third-order valence-corrected chi connectivity index (χ3v) is 5.08. The van der Waals surface area contributed by atoms with E-state index in [4.69, 9.17) is 4.74 Å². The van der Waals surface area contributed by atoms with Gasteiger partial charge in [0.2, 0.25) is 5.78 Å². The zero-order valence-corrected chi connectivity index (χ0v) is 17.4. The Balaban J connectivity index is 1.52. The molecule has 2 aromatic heterocycles. The molecule has 0 atom stereocenters. The summed E-state index contributed by atoms with van der Waals surface area (Å²) in [7, 11) is 0. The summed E-state index contributed by atoms with van der Waals surface area (Å²) < 4.78 is 8.71. The molecule has 0 amide bonds. The smallest absolute Gasteiger partial charge is 0.340 e. The first-order valence-corrected chi connectivity index (χ1v) is 9.74. The van der Waals surface area contributed by atoms with Crippen molar-refractivity contribution in [3.8, 4) is 11.4 Å². The van der Waals surface area contributed by atoms with Crippen LogP contribution in [0.5, 0.6) is 0 Å². The molecular formula is C23H21N5O3. The van der Waals surface area contributed by atoms with E-state index in [1.54, 1.807) is 24.3 Å². The van der Waals surface area contributed by atoms with Gasteiger partial charge in [-0.05, 0) is 61.5 Å². The van der Waals surface area contributed by atoms with Gasteiger partial charge in [-0.15, -0.1) is 5.10 Å². The zero-order valence-electron chi connectivity index (χ0n) is 17.4. The van der Waals surface area contributed by atoms with Crippen molar-refractivity contribution in [3.63, 3.8) is 0 Å². The molecule has 2 heterocycles. The van der Waals surface area contributed by atoms with Crippen LogP contribution in [-0.2, 0) is 4.74 Å². The Hall–Kier alpha value is -4.07. The van der Waals surface area contributed by atoms with Crippen molar-refractivity contribution in [1.82, 2.24) is 24.8 Å². The van der Waals surface area contributed by atoms with E-state index in [1.807, 2.05) is 55.7 Å². The number of benzene rings is 2. The second kappa shape index (κ2) is 8.35. The highest BCUT2D eigenvalue weighted by Gasteiger charge is 2.20. The maximum atomic E-state index is 12.8. The van der Waals surface area contributed by atoms with Crippen LogP contribution in [0.15, 0.2) is 60.9 Å². The normalized spacial score (nSPS) is 10.8. The molecule has 156 valence electrons.